The monoisotopic (exact) mass is 614 g/mol. The van der Waals surface area contributed by atoms with Crippen molar-refractivity contribution >= 4 is 62.0 Å². The first-order chi connectivity index (χ1) is 14.4. The zero-order valence-electron chi connectivity index (χ0n) is 16.7. The van der Waals surface area contributed by atoms with Gasteiger partial charge in [0.15, 0.2) is 0 Å². The number of allylic oxidation sites excluding steroid dienone is 4. The van der Waals surface area contributed by atoms with E-state index in [2.05, 4.69) is 154 Å². The molecule has 0 unspecified atom stereocenters. The molecule has 1 aliphatic heterocycles. The fourth-order valence-corrected chi connectivity index (χ4v) is 5.40. The highest BCUT2D eigenvalue weighted by Gasteiger charge is 2.34. The molecule has 1 aliphatic carbocycles. The smallest absolute Gasteiger partial charge is 0.155 e. The Balaban J connectivity index is 1.43. The third-order valence-corrected chi connectivity index (χ3v) is 7.58. The van der Waals surface area contributed by atoms with Gasteiger partial charge in [0.1, 0.15) is 0 Å². The van der Waals surface area contributed by atoms with E-state index >= 15 is 0 Å². The van der Waals surface area contributed by atoms with Gasteiger partial charge in [-0.2, -0.15) is 10.2 Å². The number of nitrogens with zero attached hydrogens (tertiary/aromatic N) is 2. The normalized spacial score (nSPS) is 18.1. The Morgan fingerprint density at radius 1 is 0.667 bits per heavy atom. The van der Waals surface area contributed by atoms with Gasteiger partial charge >= 0.3 is 0 Å². The van der Waals surface area contributed by atoms with Crippen LogP contribution in [-0.2, 0) is 1.55 Å². The van der Waals surface area contributed by atoms with Crippen molar-refractivity contribution in [3.05, 3.63) is 102 Å². The fraction of sp³-hybridized carbons (Fsp3) is 0.154. The molecule has 0 N–H and O–H groups in total. The van der Waals surface area contributed by atoms with Crippen LogP contribution in [-0.4, -0.2) is 0 Å². The summed E-state index contributed by atoms with van der Waals surface area (Å²) in [6.45, 7) is 4.62. The molecule has 0 amide bonds. The van der Waals surface area contributed by atoms with E-state index in [0.717, 1.165) is 5.69 Å². The van der Waals surface area contributed by atoms with Crippen LogP contribution in [0.4, 0.5) is 5.69 Å². The minimum Gasteiger partial charge on any atom is -0.155 e. The summed E-state index contributed by atoms with van der Waals surface area (Å²) in [7, 11) is 0. The van der Waals surface area contributed by atoms with Crippen molar-refractivity contribution in [2.45, 2.75) is 15.4 Å². The largest absolute Gasteiger partial charge is 0.209 e. The summed E-state index contributed by atoms with van der Waals surface area (Å²) in [6.07, 6.45) is 4.54. The first-order valence-corrected chi connectivity index (χ1v) is 12.1. The van der Waals surface area contributed by atoms with Crippen LogP contribution in [0.1, 0.15) is 30.5 Å². The number of hydrogen-bond donors (Lipinski definition) is 0. The second-order valence-corrected chi connectivity index (χ2v) is 13.4. The summed E-state index contributed by atoms with van der Waals surface area (Å²) in [4.78, 5) is 0. The molecule has 0 spiro atoms. The summed E-state index contributed by atoms with van der Waals surface area (Å²) in [5.74, 6) is 0. The quantitative estimate of drug-likeness (QED) is 0.160. The molecule has 0 radical (unpaired) electrons. The van der Waals surface area contributed by atoms with E-state index in [-0.39, 0.29) is 6.97 Å². The molecule has 2 aliphatic rings. The van der Waals surface area contributed by atoms with Crippen molar-refractivity contribution in [3.63, 3.8) is 0 Å². The van der Waals surface area contributed by atoms with Crippen LogP contribution in [0, 0.1) is 5.41 Å². The van der Waals surface area contributed by atoms with Crippen LogP contribution in [0.5, 0.6) is 0 Å². The number of fused-ring (bicyclic) bond motifs is 1. The van der Waals surface area contributed by atoms with Gasteiger partial charge in [0.2, 0.25) is 1.55 Å². The minimum absolute atomic E-state index is 0.0263. The maximum atomic E-state index is 4.37. The molecular formula is C26H20I2N2. The van der Waals surface area contributed by atoms with Gasteiger partial charge in [-0.25, -0.2) is 0 Å². The van der Waals surface area contributed by atoms with Crippen molar-refractivity contribution < 1.29 is 0 Å². The summed E-state index contributed by atoms with van der Waals surface area (Å²) < 4.78 is -0.307. The van der Waals surface area contributed by atoms with Crippen LogP contribution in [0.2, 0.25) is 0 Å². The molecule has 0 bridgehead atoms. The van der Waals surface area contributed by atoms with Crippen molar-refractivity contribution in [1.82, 2.24) is 0 Å². The zero-order valence-corrected chi connectivity index (χ0v) is 21.0. The molecule has 2 nitrogen and oxygen atoms in total. The van der Waals surface area contributed by atoms with Gasteiger partial charge in [-0.1, -0.05) is 86.7 Å². The molecule has 4 heteroatoms. The van der Waals surface area contributed by atoms with E-state index in [4.69, 9.17) is 0 Å². The Labute approximate surface area is 204 Å². The van der Waals surface area contributed by atoms with E-state index in [1.807, 2.05) is 0 Å². The van der Waals surface area contributed by atoms with E-state index < -0.39 is 0 Å². The van der Waals surface area contributed by atoms with Crippen molar-refractivity contribution in [1.29, 1.82) is 0 Å². The van der Waals surface area contributed by atoms with Crippen LogP contribution in [0.15, 0.2) is 95.2 Å². The number of alkyl halides is 2. The Morgan fingerprint density at radius 3 is 1.90 bits per heavy atom. The molecule has 3 aromatic carbocycles. The lowest BCUT2D eigenvalue weighted by molar-refractivity contribution is 0.682. The molecule has 5 rings (SSSR count). The lowest BCUT2D eigenvalue weighted by atomic mass is 9.75. The number of benzene rings is 3. The second-order valence-electron chi connectivity index (χ2n) is 8.20. The first kappa shape index (κ1) is 20.1. The number of halogens is 2. The predicted octanol–water partition coefficient (Wildman–Crippen LogP) is 8.94. The summed E-state index contributed by atoms with van der Waals surface area (Å²) in [6, 6.07) is 26.0. The van der Waals surface area contributed by atoms with Gasteiger partial charge in [0, 0.05) is 11.0 Å². The maximum Gasteiger partial charge on any atom is 0.209 e. The zero-order chi connectivity index (χ0) is 20.9. The Kier molecular flexibility index (Phi) is 4.97. The average molecular weight is 614 g/mol. The van der Waals surface area contributed by atoms with Gasteiger partial charge in [0.05, 0.1) is 5.69 Å². The highest BCUT2D eigenvalue weighted by atomic mass is 127. The average Bonchev–Trinajstić information content (AvgIpc) is 3.23. The molecule has 3 aromatic rings. The molecule has 0 saturated carbocycles. The third-order valence-electron chi connectivity index (χ3n) is 5.98. The first-order valence-electron chi connectivity index (χ1n) is 9.91. The van der Waals surface area contributed by atoms with Crippen LogP contribution >= 0.6 is 45.2 Å². The van der Waals surface area contributed by atoms with Crippen molar-refractivity contribution in [3.8, 4) is 11.1 Å². The lowest BCUT2D eigenvalue weighted by Gasteiger charge is -2.28. The van der Waals surface area contributed by atoms with Crippen LogP contribution in [0.25, 0.3) is 22.3 Å². The Morgan fingerprint density at radius 2 is 1.23 bits per heavy atom. The van der Waals surface area contributed by atoms with Gasteiger partial charge in [0.25, 0.3) is 0 Å². The van der Waals surface area contributed by atoms with Crippen molar-refractivity contribution in [2.75, 3.05) is 0 Å². The van der Waals surface area contributed by atoms with Crippen LogP contribution in [0.3, 0.4) is 0 Å². The third kappa shape index (κ3) is 3.38. The summed E-state index contributed by atoms with van der Waals surface area (Å²) in [5.41, 5.74) is 9.82. The van der Waals surface area contributed by atoms with E-state index in [1.54, 1.807) is 0 Å². The second kappa shape index (κ2) is 7.41. The summed E-state index contributed by atoms with van der Waals surface area (Å²) >= 11 is 4.70. The van der Waals surface area contributed by atoms with Gasteiger partial charge in [-0.3, -0.25) is 0 Å². The number of hydrogen-bond acceptors (Lipinski definition) is 2. The van der Waals surface area contributed by atoms with E-state index in [0.29, 0.717) is 0 Å². The Hall–Kier alpha value is -1.80. The Bertz CT molecular complexity index is 1220. The maximum absolute atomic E-state index is 4.37. The minimum atomic E-state index is -0.307. The molecule has 30 heavy (non-hydrogen) atoms. The highest BCUT2D eigenvalue weighted by Crippen LogP contribution is 2.52. The highest BCUT2D eigenvalue weighted by molar-refractivity contribution is 14.2. The van der Waals surface area contributed by atoms with Gasteiger partial charge in [-0.15, -0.1) is 0 Å². The number of azo groups is 1. The van der Waals surface area contributed by atoms with E-state index in [9.17, 15) is 0 Å². The van der Waals surface area contributed by atoms with Gasteiger partial charge < -0.3 is 0 Å². The van der Waals surface area contributed by atoms with Crippen LogP contribution < -0.4 is 0 Å². The predicted molar refractivity (Wildman–Crippen MR) is 142 cm³/mol. The molecule has 0 aromatic heterocycles. The molecule has 0 atom stereocenters. The topological polar surface area (TPSA) is 24.7 Å². The van der Waals surface area contributed by atoms with E-state index in [1.165, 1.54) is 39.0 Å². The standard InChI is InChI=1S/C26H20I2N2/c1-25(2)21(18-6-4-3-5-7-18)13-14-22(25)19-10-8-17(9-11-19)20-12-15-24-23(16-20)26(27,28)30-29-24/h3-16H,1-2H3. The fourth-order valence-electron chi connectivity index (χ4n) is 4.32. The SMILES string of the molecule is CC1(C)C(c2ccccc2)=CC=C1c1ccc(-c2ccc3c(c2)C(I)(I)N=N3)cc1. The molecule has 0 saturated heterocycles. The summed E-state index contributed by atoms with van der Waals surface area (Å²) in [5, 5.41) is 8.67. The molecule has 148 valence electrons. The number of rotatable bonds is 3. The molecular weight excluding hydrogens is 594 g/mol. The van der Waals surface area contributed by atoms with Gasteiger partial charge in [-0.05, 0) is 90.7 Å². The molecule has 0 fully saturated rings. The lowest BCUT2D eigenvalue weighted by Crippen LogP contribution is -2.13. The van der Waals surface area contributed by atoms with Crippen molar-refractivity contribution in [2.24, 2.45) is 15.6 Å². The molecule has 1 heterocycles.